The predicted octanol–water partition coefficient (Wildman–Crippen LogP) is 6.99. The van der Waals surface area contributed by atoms with Crippen molar-refractivity contribution < 1.29 is 0 Å². The summed E-state index contributed by atoms with van der Waals surface area (Å²) in [6.07, 6.45) is 0. The number of rotatable bonds is 1. The van der Waals surface area contributed by atoms with Crippen molar-refractivity contribution in [2.45, 2.75) is 20.8 Å². The van der Waals surface area contributed by atoms with Gasteiger partial charge in [0.1, 0.15) is 0 Å². The van der Waals surface area contributed by atoms with Gasteiger partial charge < -0.3 is 0 Å². The van der Waals surface area contributed by atoms with Crippen LogP contribution in [0.15, 0.2) is 78.9 Å². The van der Waals surface area contributed by atoms with Gasteiger partial charge in [0.05, 0.1) is 0 Å². The van der Waals surface area contributed by atoms with Crippen LogP contribution < -0.4 is 0 Å². The van der Waals surface area contributed by atoms with Crippen LogP contribution in [0.25, 0.3) is 32.7 Å². The van der Waals surface area contributed by atoms with E-state index in [0.29, 0.717) is 0 Å². The summed E-state index contributed by atoms with van der Waals surface area (Å²) in [6, 6.07) is 28.3. The van der Waals surface area contributed by atoms with Crippen molar-refractivity contribution in [1.29, 1.82) is 0 Å². The third-order valence-electron chi connectivity index (χ3n) is 4.20. The fourth-order valence-corrected chi connectivity index (χ4v) is 3.07. The Hall–Kier alpha value is -2.60. The lowest BCUT2D eigenvalue weighted by Crippen LogP contribution is -1.84. The van der Waals surface area contributed by atoms with Gasteiger partial charge in [0, 0.05) is 0 Å². The number of fused-ring (bicyclic) bond motifs is 3. The highest BCUT2D eigenvalue weighted by Gasteiger charge is 2.04. The lowest BCUT2D eigenvalue weighted by atomic mass is 9.95. The van der Waals surface area contributed by atoms with Gasteiger partial charge in [0.15, 0.2) is 0 Å². The minimum Gasteiger partial charge on any atom is -0.0683 e. The molecule has 4 aromatic carbocycles. The van der Waals surface area contributed by atoms with E-state index in [1.807, 2.05) is 13.8 Å². The number of benzene rings is 4. The summed E-state index contributed by atoms with van der Waals surface area (Å²) in [6.45, 7) is 6.17. The van der Waals surface area contributed by atoms with Crippen molar-refractivity contribution in [3.63, 3.8) is 0 Å². The van der Waals surface area contributed by atoms with E-state index in [0.717, 1.165) is 0 Å². The molecule has 0 atom stereocenters. The molecule has 0 bridgehead atoms. The fraction of sp³-hybridized carbons (Fsp3) is 0.130. The summed E-state index contributed by atoms with van der Waals surface area (Å²) in [4.78, 5) is 0. The Balaban J connectivity index is 0.000000753. The molecular formula is C23H22. The molecule has 0 amide bonds. The van der Waals surface area contributed by atoms with Gasteiger partial charge >= 0.3 is 0 Å². The molecule has 0 fully saturated rings. The largest absolute Gasteiger partial charge is 0.0683 e. The lowest BCUT2D eigenvalue weighted by Gasteiger charge is -2.09. The van der Waals surface area contributed by atoms with Gasteiger partial charge in [-0.3, -0.25) is 0 Å². The second kappa shape index (κ2) is 6.66. The number of aryl methyl sites for hydroxylation is 1. The second-order valence-electron chi connectivity index (χ2n) is 5.54. The SMILES string of the molecule is CC.Cc1ccccc1-c1ccc2ccc3ccccc3c2c1. The zero-order valence-electron chi connectivity index (χ0n) is 14.0. The first-order chi connectivity index (χ1) is 11.3. The molecule has 0 aliphatic carbocycles. The fourth-order valence-electron chi connectivity index (χ4n) is 3.07. The van der Waals surface area contributed by atoms with E-state index in [-0.39, 0.29) is 0 Å². The summed E-state index contributed by atoms with van der Waals surface area (Å²) >= 11 is 0. The van der Waals surface area contributed by atoms with Crippen LogP contribution in [0.3, 0.4) is 0 Å². The Labute approximate surface area is 138 Å². The molecule has 23 heavy (non-hydrogen) atoms. The highest BCUT2D eigenvalue weighted by atomic mass is 14.1. The predicted molar refractivity (Wildman–Crippen MR) is 103 cm³/mol. The van der Waals surface area contributed by atoms with Crippen molar-refractivity contribution in [2.24, 2.45) is 0 Å². The highest BCUT2D eigenvalue weighted by Crippen LogP contribution is 2.31. The average molecular weight is 298 g/mol. The van der Waals surface area contributed by atoms with Crippen LogP contribution >= 0.6 is 0 Å². The van der Waals surface area contributed by atoms with Gasteiger partial charge in [0.2, 0.25) is 0 Å². The maximum atomic E-state index is 2.32. The van der Waals surface area contributed by atoms with Crippen molar-refractivity contribution in [1.82, 2.24) is 0 Å². The second-order valence-corrected chi connectivity index (χ2v) is 5.54. The molecule has 0 unspecified atom stereocenters. The topological polar surface area (TPSA) is 0 Å². The van der Waals surface area contributed by atoms with Gasteiger partial charge in [-0.1, -0.05) is 86.6 Å². The maximum absolute atomic E-state index is 2.32. The van der Waals surface area contributed by atoms with Gasteiger partial charge in [0.25, 0.3) is 0 Å². The zero-order chi connectivity index (χ0) is 16.2. The Bertz CT molecular complexity index is 948. The molecule has 0 N–H and O–H groups in total. The molecule has 0 saturated carbocycles. The van der Waals surface area contributed by atoms with Crippen LogP contribution in [0.5, 0.6) is 0 Å². The van der Waals surface area contributed by atoms with Gasteiger partial charge in [-0.25, -0.2) is 0 Å². The molecule has 114 valence electrons. The first-order valence-electron chi connectivity index (χ1n) is 8.30. The summed E-state index contributed by atoms with van der Waals surface area (Å²) in [7, 11) is 0. The zero-order valence-corrected chi connectivity index (χ0v) is 14.0. The lowest BCUT2D eigenvalue weighted by molar-refractivity contribution is 1.46. The first kappa shape index (κ1) is 15.3. The van der Waals surface area contributed by atoms with Crippen molar-refractivity contribution in [3.05, 3.63) is 84.4 Å². The average Bonchev–Trinajstić information content (AvgIpc) is 2.63. The standard InChI is InChI=1S/C21H16.C2H6/c1-15-6-2-4-8-19(15)18-13-12-17-11-10-16-7-3-5-9-20(16)21(17)14-18;1-2/h2-14H,1H3;1-2H3. The van der Waals surface area contributed by atoms with Gasteiger partial charge in [-0.2, -0.15) is 0 Å². The van der Waals surface area contributed by atoms with Crippen LogP contribution in [0.4, 0.5) is 0 Å². The smallest absolute Gasteiger partial charge is 0.00992 e. The van der Waals surface area contributed by atoms with Crippen molar-refractivity contribution in [3.8, 4) is 11.1 Å². The summed E-state index contributed by atoms with van der Waals surface area (Å²) in [5, 5.41) is 5.25. The van der Waals surface area contributed by atoms with E-state index in [4.69, 9.17) is 0 Å². The molecule has 0 aliphatic rings. The van der Waals surface area contributed by atoms with Crippen LogP contribution in [-0.2, 0) is 0 Å². The van der Waals surface area contributed by atoms with Gasteiger partial charge in [-0.15, -0.1) is 0 Å². The third kappa shape index (κ3) is 2.85. The van der Waals surface area contributed by atoms with Crippen LogP contribution in [0.2, 0.25) is 0 Å². The van der Waals surface area contributed by atoms with E-state index in [1.54, 1.807) is 0 Å². The van der Waals surface area contributed by atoms with Crippen molar-refractivity contribution >= 4 is 21.5 Å². The number of hydrogen-bond acceptors (Lipinski definition) is 0. The Morgan fingerprint density at radius 3 is 1.96 bits per heavy atom. The van der Waals surface area contributed by atoms with E-state index in [9.17, 15) is 0 Å². The minimum absolute atomic E-state index is 1.29. The van der Waals surface area contributed by atoms with E-state index >= 15 is 0 Å². The van der Waals surface area contributed by atoms with Gasteiger partial charge in [-0.05, 0) is 51.2 Å². The normalized spacial score (nSPS) is 10.4. The van der Waals surface area contributed by atoms with E-state index in [2.05, 4.69) is 85.8 Å². The van der Waals surface area contributed by atoms with Crippen LogP contribution in [-0.4, -0.2) is 0 Å². The summed E-state index contributed by atoms with van der Waals surface area (Å²) in [5.41, 5.74) is 3.92. The molecule has 0 heterocycles. The molecule has 0 saturated heterocycles. The third-order valence-corrected chi connectivity index (χ3v) is 4.20. The molecule has 0 radical (unpaired) electrons. The van der Waals surface area contributed by atoms with E-state index in [1.165, 1.54) is 38.2 Å². The summed E-state index contributed by atoms with van der Waals surface area (Å²) < 4.78 is 0. The van der Waals surface area contributed by atoms with Crippen LogP contribution in [0, 0.1) is 6.92 Å². The quantitative estimate of drug-likeness (QED) is 0.332. The van der Waals surface area contributed by atoms with E-state index < -0.39 is 0 Å². The highest BCUT2D eigenvalue weighted by molar-refractivity contribution is 6.08. The molecule has 4 aromatic rings. The Kier molecular flexibility index (Phi) is 4.43. The Morgan fingerprint density at radius 2 is 1.17 bits per heavy atom. The van der Waals surface area contributed by atoms with Crippen molar-refractivity contribution in [2.75, 3.05) is 0 Å². The molecule has 0 spiro atoms. The minimum atomic E-state index is 1.29. The molecule has 0 heteroatoms. The molecule has 0 aliphatic heterocycles. The summed E-state index contributed by atoms with van der Waals surface area (Å²) in [5.74, 6) is 0. The Morgan fingerprint density at radius 1 is 0.565 bits per heavy atom. The monoisotopic (exact) mass is 298 g/mol. The maximum Gasteiger partial charge on any atom is -0.00992 e. The first-order valence-corrected chi connectivity index (χ1v) is 8.30. The van der Waals surface area contributed by atoms with Crippen LogP contribution in [0.1, 0.15) is 19.4 Å². The molecule has 0 nitrogen and oxygen atoms in total. The molecule has 4 rings (SSSR count). The molecular weight excluding hydrogens is 276 g/mol. The molecule has 0 aromatic heterocycles. The number of hydrogen-bond donors (Lipinski definition) is 0.